The van der Waals surface area contributed by atoms with Crippen LogP contribution in [0.25, 0.3) is 11.0 Å². The second-order valence-corrected chi connectivity index (χ2v) is 6.89. The fraction of sp³-hybridized carbons (Fsp3) is 0.0952. The molecule has 0 unspecified atom stereocenters. The number of aryl methyl sites for hydroxylation is 1. The predicted molar refractivity (Wildman–Crippen MR) is 113 cm³/mol. The Hall–Kier alpha value is -3.65. The lowest BCUT2D eigenvalue weighted by molar-refractivity contribution is 0.0958. The van der Waals surface area contributed by atoms with Gasteiger partial charge in [-0.25, -0.2) is 9.37 Å². The summed E-state index contributed by atoms with van der Waals surface area (Å²) in [4.78, 5) is 20.3. The number of benzene rings is 2. The van der Waals surface area contributed by atoms with Crippen LogP contribution in [0.15, 0.2) is 54.7 Å². The van der Waals surface area contributed by atoms with Crippen molar-refractivity contribution in [1.29, 1.82) is 0 Å². The number of fused-ring (bicyclic) bond motifs is 1. The lowest BCUT2D eigenvalue weighted by Crippen LogP contribution is -2.18. The van der Waals surface area contributed by atoms with Crippen LogP contribution in [0, 0.1) is 5.82 Å². The largest absolute Gasteiger partial charge is 0.457 e. The highest BCUT2D eigenvalue weighted by Crippen LogP contribution is 2.29. The zero-order chi connectivity index (χ0) is 21.3. The monoisotopic (exact) mass is 425 g/mol. The molecule has 0 aliphatic carbocycles. The first kappa shape index (κ1) is 19.7. The molecule has 0 aliphatic heterocycles. The number of hydrogen-bond donors (Lipinski definition) is 2. The average Bonchev–Trinajstić information content (AvgIpc) is 3.05. The molecule has 2 aromatic carbocycles. The quantitative estimate of drug-likeness (QED) is 0.486. The van der Waals surface area contributed by atoms with Crippen molar-refractivity contribution in [2.45, 2.75) is 0 Å². The van der Waals surface area contributed by atoms with Gasteiger partial charge in [0.25, 0.3) is 5.91 Å². The highest BCUT2D eigenvalue weighted by atomic mass is 35.5. The van der Waals surface area contributed by atoms with E-state index in [9.17, 15) is 9.18 Å². The predicted octanol–water partition coefficient (Wildman–Crippen LogP) is 4.66. The van der Waals surface area contributed by atoms with Gasteiger partial charge in [0.05, 0.1) is 16.7 Å². The molecule has 0 aliphatic rings. The molecule has 152 valence electrons. The molecule has 2 aromatic heterocycles. The smallest absolute Gasteiger partial charge is 0.269 e. The van der Waals surface area contributed by atoms with Crippen molar-refractivity contribution in [1.82, 2.24) is 19.9 Å². The van der Waals surface area contributed by atoms with E-state index < -0.39 is 5.82 Å². The highest BCUT2D eigenvalue weighted by Gasteiger charge is 2.12. The van der Waals surface area contributed by atoms with E-state index in [0.717, 1.165) is 5.52 Å². The van der Waals surface area contributed by atoms with Gasteiger partial charge < -0.3 is 19.9 Å². The van der Waals surface area contributed by atoms with Crippen LogP contribution in [0.4, 0.5) is 16.0 Å². The second-order valence-electron chi connectivity index (χ2n) is 6.45. The van der Waals surface area contributed by atoms with Crippen LogP contribution in [0.3, 0.4) is 0 Å². The molecule has 9 heteroatoms. The summed E-state index contributed by atoms with van der Waals surface area (Å²) in [7, 11) is 3.35. The summed E-state index contributed by atoms with van der Waals surface area (Å²) in [6.07, 6.45) is 1.50. The van der Waals surface area contributed by atoms with Gasteiger partial charge in [-0.05, 0) is 36.4 Å². The zero-order valence-electron chi connectivity index (χ0n) is 16.1. The molecule has 0 saturated carbocycles. The first-order chi connectivity index (χ1) is 14.4. The number of imidazole rings is 1. The van der Waals surface area contributed by atoms with Gasteiger partial charge in [-0.3, -0.25) is 9.78 Å². The van der Waals surface area contributed by atoms with Crippen LogP contribution >= 0.6 is 11.6 Å². The summed E-state index contributed by atoms with van der Waals surface area (Å²) in [6.45, 7) is 0. The number of hydrogen-bond acceptors (Lipinski definition) is 5. The van der Waals surface area contributed by atoms with E-state index in [-0.39, 0.29) is 17.3 Å². The molecule has 2 heterocycles. The normalized spacial score (nSPS) is 10.8. The van der Waals surface area contributed by atoms with Gasteiger partial charge >= 0.3 is 0 Å². The van der Waals surface area contributed by atoms with E-state index in [1.807, 2.05) is 13.1 Å². The number of carbonyl (C=O) groups excluding carboxylic acids is 1. The summed E-state index contributed by atoms with van der Waals surface area (Å²) in [6, 6.07) is 12.9. The van der Waals surface area contributed by atoms with E-state index in [4.69, 9.17) is 16.3 Å². The summed E-state index contributed by atoms with van der Waals surface area (Å²) in [5, 5.41) is 5.90. The molecule has 4 aromatic rings. The second kappa shape index (κ2) is 8.00. The van der Waals surface area contributed by atoms with Gasteiger partial charge in [-0.1, -0.05) is 11.6 Å². The number of amides is 1. The molecule has 1 amide bonds. The van der Waals surface area contributed by atoms with Crippen LogP contribution in [-0.4, -0.2) is 27.5 Å². The van der Waals surface area contributed by atoms with E-state index in [1.165, 1.54) is 31.4 Å². The molecule has 0 fully saturated rings. The fourth-order valence-electron chi connectivity index (χ4n) is 2.93. The maximum absolute atomic E-state index is 14.1. The lowest BCUT2D eigenvalue weighted by atomic mass is 10.3. The Kier molecular flexibility index (Phi) is 5.24. The van der Waals surface area contributed by atoms with Gasteiger partial charge in [-0.15, -0.1) is 0 Å². The average molecular weight is 426 g/mol. The Morgan fingerprint density at radius 3 is 2.73 bits per heavy atom. The third-order valence-electron chi connectivity index (χ3n) is 4.45. The third kappa shape index (κ3) is 3.90. The summed E-state index contributed by atoms with van der Waals surface area (Å²) in [5.74, 6) is 0.729. The van der Waals surface area contributed by atoms with Crippen molar-refractivity contribution in [2.24, 2.45) is 7.05 Å². The molecule has 0 bridgehead atoms. The molecule has 0 atom stereocenters. The Labute approximate surface area is 176 Å². The van der Waals surface area contributed by atoms with Gasteiger partial charge in [0.15, 0.2) is 0 Å². The summed E-state index contributed by atoms with van der Waals surface area (Å²) < 4.78 is 21.7. The number of pyridine rings is 1. The molecule has 0 spiro atoms. The van der Waals surface area contributed by atoms with E-state index >= 15 is 0 Å². The van der Waals surface area contributed by atoms with Gasteiger partial charge in [0, 0.05) is 37.4 Å². The zero-order valence-corrected chi connectivity index (χ0v) is 16.9. The van der Waals surface area contributed by atoms with Crippen LogP contribution in [0.2, 0.25) is 5.02 Å². The standard InChI is InChI=1S/C21H17ClFN5O2/c1-24-20(29)18-11-14(7-8-25-18)30-13-4-6-19-17(10-13)27-21(28(19)2)26-16-9-12(22)3-5-15(16)23/h3-11H,1-2H3,(H,24,29)(H,26,27). The van der Waals surface area contributed by atoms with Crippen LogP contribution in [-0.2, 0) is 7.05 Å². The van der Waals surface area contributed by atoms with Gasteiger partial charge in [-0.2, -0.15) is 0 Å². The minimum absolute atomic E-state index is 0.232. The fourth-order valence-corrected chi connectivity index (χ4v) is 3.10. The number of halogens is 2. The van der Waals surface area contributed by atoms with Crippen molar-refractivity contribution in [2.75, 3.05) is 12.4 Å². The molecule has 7 nitrogen and oxygen atoms in total. The molecule has 30 heavy (non-hydrogen) atoms. The molecule has 4 rings (SSSR count). The Balaban J connectivity index is 1.62. The Morgan fingerprint density at radius 1 is 1.13 bits per heavy atom. The minimum atomic E-state index is -0.430. The number of aromatic nitrogens is 3. The Morgan fingerprint density at radius 2 is 1.93 bits per heavy atom. The number of carbonyl (C=O) groups is 1. The summed E-state index contributed by atoms with van der Waals surface area (Å²) >= 11 is 5.96. The lowest BCUT2D eigenvalue weighted by Gasteiger charge is -2.08. The van der Waals surface area contributed by atoms with E-state index in [1.54, 1.807) is 28.8 Å². The molecule has 0 radical (unpaired) electrons. The number of rotatable bonds is 5. The maximum atomic E-state index is 14.1. The number of nitrogens with one attached hydrogen (secondary N) is 2. The minimum Gasteiger partial charge on any atom is -0.457 e. The van der Waals surface area contributed by atoms with E-state index in [2.05, 4.69) is 20.6 Å². The van der Waals surface area contributed by atoms with Crippen LogP contribution in [0.1, 0.15) is 10.5 Å². The topological polar surface area (TPSA) is 81.1 Å². The molecular formula is C21H17ClFN5O2. The molecule has 2 N–H and O–H groups in total. The maximum Gasteiger partial charge on any atom is 0.269 e. The van der Waals surface area contributed by atoms with Crippen molar-refractivity contribution >= 4 is 40.2 Å². The number of anilines is 2. The van der Waals surface area contributed by atoms with Gasteiger partial charge in [0.2, 0.25) is 5.95 Å². The third-order valence-corrected chi connectivity index (χ3v) is 4.69. The van der Waals surface area contributed by atoms with Gasteiger partial charge in [0.1, 0.15) is 23.0 Å². The highest BCUT2D eigenvalue weighted by molar-refractivity contribution is 6.30. The SMILES string of the molecule is CNC(=O)c1cc(Oc2ccc3c(c2)nc(Nc2cc(Cl)ccc2F)n3C)ccn1. The molecule has 0 saturated heterocycles. The first-order valence-electron chi connectivity index (χ1n) is 8.99. The summed E-state index contributed by atoms with van der Waals surface area (Å²) in [5.41, 5.74) is 1.97. The number of nitrogens with zero attached hydrogens (tertiary/aromatic N) is 3. The van der Waals surface area contributed by atoms with E-state index in [0.29, 0.717) is 28.0 Å². The number of ether oxygens (including phenoxy) is 1. The van der Waals surface area contributed by atoms with Crippen molar-refractivity contribution in [3.8, 4) is 11.5 Å². The Bertz CT molecular complexity index is 1260. The van der Waals surface area contributed by atoms with Crippen LogP contribution < -0.4 is 15.4 Å². The van der Waals surface area contributed by atoms with Crippen molar-refractivity contribution in [3.05, 3.63) is 71.3 Å². The first-order valence-corrected chi connectivity index (χ1v) is 9.37. The van der Waals surface area contributed by atoms with Crippen molar-refractivity contribution in [3.63, 3.8) is 0 Å². The van der Waals surface area contributed by atoms with Crippen molar-refractivity contribution < 1.29 is 13.9 Å². The molecular weight excluding hydrogens is 409 g/mol. The van der Waals surface area contributed by atoms with Crippen LogP contribution in [0.5, 0.6) is 11.5 Å².